The van der Waals surface area contributed by atoms with Crippen LogP contribution in [0.2, 0.25) is 0 Å². The van der Waals surface area contributed by atoms with Crippen molar-refractivity contribution in [3.63, 3.8) is 0 Å². The number of para-hydroxylation sites is 2. The molecule has 0 aliphatic carbocycles. The van der Waals surface area contributed by atoms with Crippen molar-refractivity contribution in [1.82, 2.24) is 14.9 Å². The third-order valence-corrected chi connectivity index (χ3v) is 3.38. The SMILES string of the molecule is c1ccc2c(c1)ncn2C[C@@H]1CCCNC1. The normalized spacial score (nSPS) is 21.4. The number of hydrogen-bond acceptors (Lipinski definition) is 2. The highest BCUT2D eigenvalue weighted by molar-refractivity contribution is 5.74. The minimum atomic E-state index is 0.756. The quantitative estimate of drug-likeness (QED) is 0.830. The lowest BCUT2D eigenvalue weighted by molar-refractivity contribution is 0.340. The van der Waals surface area contributed by atoms with E-state index in [1.165, 1.54) is 24.9 Å². The van der Waals surface area contributed by atoms with Gasteiger partial charge in [0.25, 0.3) is 0 Å². The van der Waals surface area contributed by atoms with Gasteiger partial charge in [0.1, 0.15) is 0 Å². The number of piperidine rings is 1. The molecule has 84 valence electrons. The Morgan fingerprint density at radius 3 is 3.19 bits per heavy atom. The van der Waals surface area contributed by atoms with E-state index in [-0.39, 0.29) is 0 Å². The zero-order valence-electron chi connectivity index (χ0n) is 9.39. The summed E-state index contributed by atoms with van der Waals surface area (Å²) in [6.07, 6.45) is 4.61. The molecule has 0 unspecified atom stereocenters. The number of imidazole rings is 1. The highest BCUT2D eigenvalue weighted by atomic mass is 15.1. The molecule has 0 amide bonds. The van der Waals surface area contributed by atoms with Crippen molar-refractivity contribution in [1.29, 1.82) is 0 Å². The molecule has 1 aromatic heterocycles. The Kier molecular flexibility index (Phi) is 2.62. The maximum atomic E-state index is 4.43. The first-order valence-electron chi connectivity index (χ1n) is 6.04. The minimum Gasteiger partial charge on any atom is -0.330 e. The second-order valence-electron chi connectivity index (χ2n) is 4.60. The van der Waals surface area contributed by atoms with E-state index in [2.05, 4.69) is 33.1 Å². The molecule has 0 radical (unpaired) electrons. The van der Waals surface area contributed by atoms with Crippen LogP contribution in [-0.2, 0) is 6.54 Å². The van der Waals surface area contributed by atoms with Crippen LogP contribution in [0, 0.1) is 5.92 Å². The zero-order chi connectivity index (χ0) is 10.8. The molecule has 1 aromatic carbocycles. The van der Waals surface area contributed by atoms with Gasteiger partial charge in [0.15, 0.2) is 0 Å². The first-order chi connectivity index (χ1) is 7.93. The largest absolute Gasteiger partial charge is 0.330 e. The molecule has 1 N–H and O–H groups in total. The predicted octanol–water partition coefficient (Wildman–Crippen LogP) is 2.04. The molecule has 2 aromatic rings. The molecule has 1 saturated heterocycles. The molecule has 3 rings (SSSR count). The van der Waals surface area contributed by atoms with Crippen molar-refractivity contribution >= 4 is 11.0 Å². The maximum absolute atomic E-state index is 4.43. The van der Waals surface area contributed by atoms with Crippen LogP contribution in [0.4, 0.5) is 0 Å². The summed E-state index contributed by atoms with van der Waals surface area (Å²) in [4.78, 5) is 4.43. The van der Waals surface area contributed by atoms with Crippen molar-refractivity contribution in [3.05, 3.63) is 30.6 Å². The molecular weight excluding hydrogens is 198 g/mol. The van der Waals surface area contributed by atoms with Gasteiger partial charge in [-0.1, -0.05) is 12.1 Å². The first-order valence-corrected chi connectivity index (χ1v) is 6.04. The minimum absolute atomic E-state index is 0.756. The monoisotopic (exact) mass is 215 g/mol. The molecule has 1 aliphatic rings. The van der Waals surface area contributed by atoms with Gasteiger partial charge in [0.2, 0.25) is 0 Å². The number of rotatable bonds is 2. The number of aromatic nitrogens is 2. The number of fused-ring (bicyclic) bond motifs is 1. The highest BCUT2D eigenvalue weighted by Gasteiger charge is 2.14. The lowest BCUT2D eigenvalue weighted by atomic mass is 10.00. The molecule has 2 heterocycles. The van der Waals surface area contributed by atoms with Crippen LogP contribution in [0.3, 0.4) is 0 Å². The summed E-state index contributed by atoms with van der Waals surface area (Å²) in [5.74, 6) is 0.756. The molecule has 3 heteroatoms. The van der Waals surface area contributed by atoms with E-state index >= 15 is 0 Å². The second-order valence-corrected chi connectivity index (χ2v) is 4.60. The lowest BCUT2D eigenvalue weighted by Gasteiger charge is -2.23. The summed E-state index contributed by atoms with van der Waals surface area (Å²) < 4.78 is 2.28. The van der Waals surface area contributed by atoms with Crippen LogP contribution < -0.4 is 5.32 Å². The fourth-order valence-corrected chi connectivity index (χ4v) is 2.51. The van der Waals surface area contributed by atoms with Crippen LogP contribution in [-0.4, -0.2) is 22.6 Å². The third kappa shape index (κ3) is 1.83. The fraction of sp³-hybridized carbons (Fsp3) is 0.462. The molecule has 0 saturated carbocycles. The number of nitrogens with zero attached hydrogens (tertiary/aromatic N) is 2. The Morgan fingerprint density at radius 2 is 2.31 bits per heavy atom. The number of nitrogens with one attached hydrogen (secondary N) is 1. The zero-order valence-corrected chi connectivity index (χ0v) is 9.39. The van der Waals surface area contributed by atoms with Gasteiger partial charge < -0.3 is 9.88 Å². The van der Waals surface area contributed by atoms with Gasteiger partial charge in [-0.2, -0.15) is 0 Å². The van der Waals surface area contributed by atoms with Gasteiger partial charge in [-0.25, -0.2) is 4.98 Å². The Balaban J connectivity index is 1.83. The number of benzene rings is 1. The van der Waals surface area contributed by atoms with E-state index in [1.807, 2.05) is 12.4 Å². The summed E-state index contributed by atoms with van der Waals surface area (Å²) in [7, 11) is 0. The van der Waals surface area contributed by atoms with E-state index in [0.717, 1.165) is 24.5 Å². The Bertz CT molecular complexity index is 469. The van der Waals surface area contributed by atoms with E-state index in [1.54, 1.807) is 0 Å². The van der Waals surface area contributed by atoms with Gasteiger partial charge in [-0.05, 0) is 44.0 Å². The van der Waals surface area contributed by atoms with Crippen molar-refractivity contribution in [2.45, 2.75) is 19.4 Å². The van der Waals surface area contributed by atoms with Crippen LogP contribution in [0.15, 0.2) is 30.6 Å². The molecule has 1 fully saturated rings. The standard InChI is InChI=1S/C13H17N3/c1-2-6-13-12(5-1)15-10-16(13)9-11-4-3-7-14-8-11/h1-2,5-6,10-11,14H,3-4,7-9H2/t11-/m1/s1. The molecule has 1 atom stereocenters. The Morgan fingerprint density at radius 1 is 1.38 bits per heavy atom. The number of hydrogen-bond donors (Lipinski definition) is 1. The van der Waals surface area contributed by atoms with Gasteiger partial charge >= 0.3 is 0 Å². The van der Waals surface area contributed by atoms with E-state index in [4.69, 9.17) is 0 Å². The fourth-order valence-electron chi connectivity index (χ4n) is 2.51. The van der Waals surface area contributed by atoms with Crippen LogP contribution in [0.5, 0.6) is 0 Å². The van der Waals surface area contributed by atoms with Crippen LogP contribution >= 0.6 is 0 Å². The van der Waals surface area contributed by atoms with Gasteiger partial charge in [-0.3, -0.25) is 0 Å². The molecule has 3 nitrogen and oxygen atoms in total. The smallest absolute Gasteiger partial charge is 0.0958 e. The van der Waals surface area contributed by atoms with Crippen LogP contribution in [0.25, 0.3) is 11.0 Å². The average Bonchev–Trinajstić information content (AvgIpc) is 2.74. The van der Waals surface area contributed by atoms with Crippen molar-refractivity contribution in [2.75, 3.05) is 13.1 Å². The summed E-state index contributed by atoms with van der Waals surface area (Å²) in [6.45, 7) is 3.42. The summed E-state index contributed by atoms with van der Waals surface area (Å²) in [5, 5.41) is 3.46. The van der Waals surface area contributed by atoms with E-state index in [9.17, 15) is 0 Å². The Hall–Kier alpha value is -1.35. The molecule has 16 heavy (non-hydrogen) atoms. The summed E-state index contributed by atoms with van der Waals surface area (Å²) in [5.41, 5.74) is 2.36. The molecule has 0 spiro atoms. The second kappa shape index (κ2) is 4.26. The summed E-state index contributed by atoms with van der Waals surface area (Å²) >= 11 is 0. The topological polar surface area (TPSA) is 29.9 Å². The van der Waals surface area contributed by atoms with Crippen molar-refractivity contribution in [2.24, 2.45) is 5.92 Å². The lowest BCUT2D eigenvalue weighted by Crippen LogP contribution is -2.32. The van der Waals surface area contributed by atoms with Gasteiger partial charge in [-0.15, -0.1) is 0 Å². The molecule has 0 bridgehead atoms. The van der Waals surface area contributed by atoms with Crippen LogP contribution in [0.1, 0.15) is 12.8 Å². The Labute approximate surface area is 95.5 Å². The van der Waals surface area contributed by atoms with Crippen molar-refractivity contribution < 1.29 is 0 Å². The first kappa shape index (κ1) is 9.85. The van der Waals surface area contributed by atoms with Gasteiger partial charge in [0.05, 0.1) is 17.4 Å². The van der Waals surface area contributed by atoms with Gasteiger partial charge in [0, 0.05) is 6.54 Å². The van der Waals surface area contributed by atoms with Crippen molar-refractivity contribution in [3.8, 4) is 0 Å². The molecule has 1 aliphatic heterocycles. The highest BCUT2D eigenvalue weighted by Crippen LogP contribution is 2.17. The van der Waals surface area contributed by atoms with E-state index in [0.29, 0.717) is 0 Å². The summed E-state index contributed by atoms with van der Waals surface area (Å²) in [6, 6.07) is 8.35. The maximum Gasteiger partial charge on any atom is 0.0958 e. The van der Waals surface area contributed by atoms with E-state index < -0.39 is 0 Å². The predicted molar refractivity (Wildman–Crippen MR) is 65.3 cm³/mol. The molecular formula is C13H17N3. The third-order valence-electron chi connectivity index (χ3n) is 3.38. The average molecular weight is 215 g/mol.